The number of ketones is 1. The summed E-state index contributed by atoms with van der Waals surface area (Å²) in [5, 5.41) is -7.73. The van der Waals surface area contributed by atoms with Gasteiger partial charge in [-0.1, -0.05) is 6.92 Å². The molecular weight excluding hydrogens is 655 g/mol. The van der Waals surface area contributed by atoms with Crippen LogP contribution in [-0.2, 0) is 18.5 Å². The molecule has 0 aliphatic carbocycles. The molecular formula is C17H17F17O4S2. The molecule has 4 nitrogen and oxygen atoms in total. The number of rotatable bonds is 13. The first-order chi connectivity index (χ1) is 17.4. The summed E-state index contributed by atoms with van der Waals surface area (Å²) in [5.41, 5.74) is 0. The van der Waals surface area contributed by atoms with E-state index in [4.69, 9.17) is 0 Å². The Hall–Kier alpha value is -1.26. The van der Waals surface area contributed by atoms with Crippen LogP contribution in [0.1, 0.15) is 32.6 Å². The van der Waals surface area contributed by atoms with Crippen LogP contribution in [0.2, 0.25) is 0 Å². The van der Waals surface area contributed by atoms with Gasteiger partial charge in [0.1, 0.15) is 5.78 Å². The van der Waals surface area contributed by atoms with Crippen LogP contribution in [0.4, 0.5) is 74.6 Å². The van der Waals surface area contributed by atoms with Crippen LogP contribution in [0.5, 0.6) is 0 Å². The Labute approximate surface area is 215 Å². The molecule has 0 aromatic rings. The summed E-state index contributed by atoms with van der Waals surface area (Å²) < 4.78 is 256. The molecule has 0 saturated carbocycles. The van der Waals surface area contributed by atoms with Crippen LogP contribution < -0.4 is 0 Å². The number of hydrogen-bond acceptors (Lipinski definition) is 4. The van der Waals surface area contributed by atoms with E-state index >= 15 is 0 Å². The van der Waals surface area contributed by atoms with E-state index in [9.17, 15) is 87.8 Å². The minimum absolute atomic E-state index is 0.0723. The van der Waals surface area contributed by atoms with Gasteiger partial charge in [-0.3, -0.25) is 4.79 Å². The third kappa shape index (κ3) is 5.34. The maximum atomic E-state index is 14.3. The maximum absolute atomic E-state index is 14.3. The normalized spacial score (nSPS) is 19.6. The van der Waals surface area contributed by atoms with Gasteiger partial charge in [0, 0.05) is 17.9 Å². The minimum Gasteiger partial charge on any atom is -0.299 e. The van der Waals surface area contributed by atoms with E-state index in [1.54, 1.807) is 0 Å². The van der Waals surface area contributed by atoms with Gasteiger partial charge >= 0.3 is 57.1 Å². The van der Waals surface area contributed by atoms with Crippen molar-refractivity contribution in [2.24, 2.45) is 0 Å². The Bertz CT molecular complexity index is 1050. The molecule has 1 fully saturated rings. The van der Waals surface area contributed by atoms with Crippen LogP contribution >= 0.6 is 10.3 Å². The van der Waals surface area contributed by atoms with E-state index < -0.39 is 90.4 Å². The number of alkyl halides is 17. The lowest BCUT2D eigenvalue weighted by atomic mass is 9.91. The lowest BCUT2D eigenvalue weighted by molar-refractivity contribution is -0.458. The molecule has 1 aliphatic heterocycles. The van der Waals surface area contributed by atoms with E-state index in [1.807, 2.05) is 0 Å². The number of Topliss-reactive ketones (excluding diaryl/α,β-unsaturated/α-hetero) is 1. The van der Waals surface area contributed by atoms with E-state index in [0.29, 0.717) is 0 Å². The molecule has 0 amide bonds. The molecule has 0 aromatic carbocycles. The van der Waals surface area contributed by atoms with Gasteiger partial charge < -0.3 is 0 Å². The molecule has 0 N–H and O–H groups in total. The average molecular weight is 672 g/mol. The zero-order valence-corrected chi connectivity index (χ0v) is 21.0. The molecule has 0 atom stereocenters. The Morgan fingerprint density at radius 3 is 1.35 bits per heavy atom. The SMILES string of the molecule is CCCC(=O)CS1(OS(=O)(=O)C(F)(F)C(F)(F)C(F)(F)C(F)(F)C(F)(F)C(F)(F)C(F)(F)C(F)(F)F)CCCC1. The summed E-state index contributed by atoms with van der Waals surface area (Å²) in [6.07, 6.45) is -8.42. The van der Waals surface area contributed by atoms with E-state index in [2.05, 4.69) is 3.63 Å². The van der Waals surface area contributed by atoms with Gasteiger partial charge in [-0.2, -0.15) is 83.1 Å². The molecule has 0 spiro atoms. The van der Waals surface area contributed by atoms with Crippen molar-refractivity contribution in [2.45, 2.75) is 79.6 Å². The summed E-state index contributed by atoms with van der Waals surface area (Å²) in [7, 11) is -11.4. The fraction of sp³-hybridized carbons (Fsp3) is 0.941. The second-order valence-electron chi connectivity index (χ2n) is 8.50. The Kier molecular flexibility index (Phi) is 9.63. The fourth-order valence-electron chi connectivity index (χ4n) is 3.25. The summed E-state index contributed by atoms with van der Waals surface area (Å²) in [5.74, 6) is -55.2. The highest BCUT2D eigenvalue weighted by molar-refractivity contribution is 8.33. The van der Waals surface area contributed by atoms with E-state index in [1.165, 1.54) is 6.92 Å². The number of carbonyl (C=O) groups is 1. The first-order valence-electron chi connectivity index (χ1n) is 10.3. The minimum atomic E-state index is -8.91. The number of halogens is 17. The molecule has 0 unspecified atom stereocenters. The molecule has 0 aromatic heterocycles. The lowest BCUT2D eigenvalue weighted by Gasteiger charge is -2.43. The van der Waals surface area contributed by atoms with Gasteiger partial charge in [0.2, 0.25) is 0 Å². The topological polar surface area (TPSA) is 60.4 Å². The summed E-state index contributed by atoms with van der Waals surface area (Å²) in [6, 6.07) is 0. The van der Waals surface area contributed by atoms with Gasteiger partial charge in [-0.05, 0) is 19.3 Å². The van der Waals surface area contributed by atoms with Crippen molar-refractivity contribution < 1.29 is 91.5 Å². The standard InChI is InChI=1S/C17H17F17O4S2/c1-2-5-9(35)8-39(6-3-4-7-39)38-40(36,37)17(33,34)15(28,29)13(24,25)11(20,21)10(18,19)12(22,23)14(26,27)16(30,31)32/h2-8H2,1H3. The zero-order valence-electron chi connectivity index (χ0n) is 19.3. The molecule has 0 bridgehead atoms. The maximum Gasteiger partial charge on any atom is 0.460 e. The molecule has 240 valence electrons. The van der Waals surface area contributed by atoms with Crippen molar-refractivity contribution in [1.82, 2.24) is 0 Å². The highest BCUT2D eigenvalue weighted by Crippen LogP contribution is 2.65. The molecule has 0 radical (unpaired) electrons. The van der Waals surface area contributed by atoms with Gasteiger partial charge in [0.05, 0.1) is 5.75 Å². The third-order valence-electron chi connectivity index (χ3n) is 5.48. The second-order valence-corrected chi connectivity index (χ2v) is 13.5. The van der Waals surface area contributed by atoms with Gasteiger partial charge in [0.15, 0.2) is 0 Å². The average Bonchev–Trinajstić information content (AvgIpc) is 3.18. The molecule has 1 heterocycles. The lowest BCUT2D eigenvalue weighted by Crippen LogP contribution is -2.75. The fourth-order valence-corrected chi connectivity index (χ4v) is 8.98. The second kappa shape index (κ2) is 10.5. The van der Waals surface area contributed by atoms with Crippen LogP contribution in [0.25, 0.3) is 0 Å². The largest absolute Gasteiger partial charge is 0.460 e. The van der Waals surface area contributed by atoms with Crippen molar-refractivity contribution in [3.8, 4) is 0 Å². The third-order valence-corrected chi connectivity index (χ3v) is 11.1. The van der Waals surface area contributed by atoms with Crippen LogP contribution in [0.15, 0.2) is 0 Å². The monoisotopic (exact) mass is 672 g/mol. The van der Waals surface area contributed by atoms with Gasteiger partial charge in [-0.15, -0.1) is 10.3 Å². The molecule has 23 heteroatoms. The van der Waals surface area contributed by atoms with Crippen LogP contribution in [0.3, 0.4) is 0 Å². The summed E-state index contributed by atoms with van der Waals surface area (Å²) in [6.45, 7) is 1.40. The molecule has 1 rings (SSSR count). The predicted octanol–water partition coefficient (Wildman–Crippen LogP) is 7.18. The predicted molar refractivity (Wildman–Crippen MR) is 102 cm³/mol. The number of carbonyl (C=O) groups excluding carboxylic acids is 1. The summed E-state index contributed by atoms with van der Waals surface area (Å²) >= 11 is 0. The quantitative estimate of drug-likeness (QED) is 0.195. The smallest absolute Gasteiger partial charge is 0.299 e. The summed E-state index contributed by atoms with van der Waals surface area (Å²) in [4.78, 5) is 11.9. The highest BCUT2D eigenvalue weighted by Gasteiger charge is 2.96. The van der Waals surface area contributed by atoms with E-state index in [-0.39, 0.29) is 25.7 Å². The van der Waals surface area contributed by atoms with Gasteiger partial charge in [0.25, 0.3) is 0 Å². The van der Waals surface area contributed by atoms with Crippen molar-refractivity contribution in [1.29, 1.82) is 0 Å². The molecule has 40 heavy (non-hydrogen) atoms. The Morgan fingerprint density at radius 2 is 1.00 bits per heavy atom. The first kappa shape index (κ1) is 36.8. The molecule has 1 saturated heterocycles. The van der Waals surface area contributed by atoms with Crippen molar-refractivity contribution in [3.05, 3.63) is 0 Å². The number of hydrogen-bond donors (Lipinski definition) is 0. The van der Waals surface area contributed by atoms with Crippen LogP contribution in [0, 0.1) is 0 Å². The highest BCUT2D eigenvalue weighted by atomic mass is 32.3. The first-order valence-corrected chi connectivity index (χ1v) is 13.8. The Morgan fingerprint density at radius 1 is 0.650 bits per heavy atom. The molecule has 1 aliphatic rings. The zero-order chi connectivity index (χ0) is 32.2. The van der Waals surface area contributed by atoms with Crippen molar-refractivity contribution >= 4 is 26.2 Å². The van der Waals surface area contributed by atoms with Crippen LogP contribution in [-0.4, -0.2) is 78.4 Å². The van der Waals surface area contributed by atoms with Crippen molar-refractivity contribution in [2.75, 3.05) is 17.3 Å². The van der Waals surface area contributed by atoms with Crippen molar-refractivity contribution in [3.63, 3.8) is 0 Å². The Balaban J connectivity index is 3.66. The van der Waals surface area contributed by atoms with E-state index in [0.717, 1.165) is 0 Å². The van der Waals surface area contributed by atoms with Gasteiger partial charge in [-0.25, -0.2) is 3.63 Å².